The maximum absolute atomic E-state index is 8.40. The molecule has 0 saturated carbocycles. The molecule has 6 heteroatoms. The van der Waals surface area contributed by atoms with Crippen molar-refractivity contribution in [1.82, 2.24) is 0 Å². The average Bonchev–Trinajstić information content (AvgIpc) is 0.918. The molecule has 0 aliphatic heterocycles. The predicted molar refractivity (Wildman–Crippen MR) is 12.9 cm³/mol. The number of hydrogen-bond donors (Lipinski definition) is 0. The van der Waals surface area contributed by atoms with Crippen LogP contribution in [0.15, 0.2) is 0 Å². The van der Waals surface area contributed by atoms with Gasteiger partial charge in [-0.2, -0.15) is 0 Å². The molecule has 0 aromatic heterocycles. The Morgan fingerprint density at radius 2 is 1.00 bits per heavy atom. The zero-order valence-electron chi connectivity index (χ0n) is 2.78. The van der Waals surface area contributed by atoms with Gasteiger partial charge in [-0.15, -0.1) is 0 Å². The Labute approximate surface area is 65.0 Å². The second kappa shape index (κ2) is 38.6. The fourth-order valence-electron chi connectivity index (χ4n) is 0. The summed E-state index contributed by atoms with van der Waals surface area (Å²) >= 11 is 0. The normalized spacial score (nSPS) is 1.33. The van der Waals surface area contributed by atoms with Crippen LogP contribution in [-0.4, -0.2) is 47.0 Å². The van der Waals surface area contributed by atoms with Gasteiger partial charge in [-0.3, -0.25) is 8.92 Å². The molecule has 6 heavy (non-hydrogen) atoms. The van der Waals surface area contributed by atoms with E-state index in [0.29, 0.717) is 0 Å². The quantitative estimate of drug-likeness (QED) is 0.312. The van der Waals surface area contributed by atoms with Crippen LogP contribution in [0.5, 0.6) is 0 Å². The largest absolute Gasteiger partial charge is 2.00 e. The summed E-state index contributed by atoms with van der Waals surface area (Å²) in [6.45, 7) is 0. The van der Waals surface area contributed by atoms with Crippen molar-refractivity contribution in [2.45, 2.75) is 0 Å². The van der Waals surface area contributed by atoms with Crippen LogP contribution in [0.1, 0.15) is 0 Å². The number of rotatable bonds is 0. The topological polar surface area (TPSA) is 34.1 Å². The second-order valence-electron chi connectivity index (χ2n) is 0.0833. The molecule has 0 radical (unpaired) electrons. The van der Waals surface area contributed by atoms with Crippen LogP contribution in [0.25, 0.3) is 0 Å². The third-order valence-electron chi connectivity index (χ3n) is 0. The first-order chi connectivity index (χ1) is 1.41. The Morgan fingerprint density at radius 1 is 1.00 bits per heavy atom. The summed E-state index contributed by atoms with van der Waals surface area (Å²) in [6, 6.07) is 0. The summed E-state index contributed by atoms with van der Waals surface area (Å²) < 4.78 is 16.8. The van der Waals surface area contributed by atoms with Gasteiger partial charge in [0.25, 0.3) is 0 Å². The molecule has 0 aromatic rings. The van der Waals surface area contributed by atoms with Crippen molar-refractivity contribution in [2.24, 2.45) is 0 Å². The Hall–Kier alpha value is 0.937. The molecule has 2 nitrogen and oxygen atoms in total. The first-order valence-corrected chi connectivity index (χ1v) is 1.22. The van der Waals surface area contributed by atoms with Crippen LogP contribution >= 0.6 is 0 Å². The predicted octanol–water partition coefficient (Wildman–Crippen LogP) is -6.99. The van der Waals surface area contributed by atoms with Crippen LogP contribution in [0, 0.1) is 0 Å². The van der Waals surface area contributed by atoms with E-state index in [-0.39, 0.29) is 47.1 Å². The molecule has 0 atom stereocenters. The van der Waals surface area contributed by atoms with Crippen LogP contribution in [-0.2, 0) is 8.92 Å². The van der Waals surface area contributed by atoms with Crippen LogP contribution in [0.2, 0.25) is 0 Å². The van der Waals surface area contributed by atoms with Crippen molar-refractivity contribution in [1.29, 1.82) is 0 Å². The molecule has 0 fully saturated rings. The second-order valence-corrected chi connectivity index (χ2v) is 0.250. The Bertz CT molecular complexity index is 32.5. The third-order valence-corrected chi connectivity index (χ3v) is 0. The van der Waals surface area contributed by atoms with Crippen molar-refractivity contribution in [3.63, 3.8) is 0 Å². The molecule has 0 aliphatic rings. The SMILES string of the molecule is O=[Si]=O.[Ca+2].[F-].[F-]. The summed E-state index contributed by atoms with van der Waals surface area (Å²) in [5, 5.41) is 0. The minimum Gasteiger partial charge on any atom is -1.00 e. The van der Waals surface area contributed by atoms with Gasteiger partial charge in [-0.1, -0.05) is 0 Å². The molecule has 0 N–H and O–H groups in total. The fourth-order valence-corrected chi connectivity index (χ4v) is 0. The van der Waals surface area contributed by atoms with Gasteiger partial charge in [-0.05, 0) is 0 Å². The van der Waals surface area contributed by atoms with Gasteiger partial charge in [0.15, 0.2) is 0 Å². The molecule has 32 valence electrons. The minimum atomic E-state index is -1.42. The van der Waals surface area contributed by atoms with Crippen molar-refractivity contribution >= 4 is 47.0 Å². The van der Waals surface area contributed by atoms with E-state index in [1.54, 1.807) is 0 Å². The standard InChI is InChI=1S/Ca.2FH.O2Si/c;;;1-3-2/h;2*1H;/q+2;;;/p-2. The van der Waals surface area contributed by atoms with E-state index in [9.17, 15) is 0 Å². The fraction of sp³-hybridized carbons (Fsp3) is 0. The van der Waals surface area contributed by atoms with Gasteiger partial charge in [-0.25, -0.2) is 0 Å². The summed E-state index contributed by atoms with van der Waals surface area (Å²) in [7, 11) is -1.42. The Balaban J connectivity index is -0.00000000667. The summed E-state index contributed by atoms with van der Waals surface area (Å²) in [6.07, 6.45) is 0. The molecule has 0 rings (SSSR count). The molecule has 0 amide bonds. The van der Waals surface area contributed by atoms with Gasteiger partial charge in [0.1, 0.15) is 0 Å². The van der Waals surface area contributed by atoms with Gasteiger partial charge in [0, 0.05) is 0 Å². The first kappa shape index (κ1) is 28.3. The van der Waals surface area contributed by atoms with E-state index in [0.717, 1.165) is 0 Å². The van der Waals surface area contributed by atoms with Crippen LogP contribution in [0.4, 0.5) is 0 Å². The van der Waals surface area contributed by atoms with Gasteiger partial charge in [0.2, 0.25) is 0 Å². The van der Waals surface area contributed by atoms with E-state index in [1.165, 1.54) is 0 Å². The average molecular weight is 138 g/mol. The number of halogens is 2. The van der Waals surface area contributed by atoms with E-state index in [1.807, 2.05) is 0 Å². The third kappa shape index (κ3) is 87.2. The molecule has 0 unspecified atom stereocenters. The van der Waals surface area contributed by atoms with Gasteiger partial charge in [0.05, 0.1) is 0 Å². The van der Waals surface area contributed by atoms with Crippen molar-refractivity contribution in [3.05, 3.63) is 0 Å². The molecule has 0 spiro atoms. The monoisotopic (exact) mass is 138 g/mol. The van der Waals surface area contributed by atoms with E-state index < -0.39 is 9.29 Å². The van der Waals surface area contributed by atoms with Crippen molar-refractivity contribution in [2.75, 3.05) is 0 Å². The smallest absolute Gasteiger partial charge is 1.00 e. The molecule has 0 heterocycles. The van der Waals surface area contributed by atoms with Crippen LogP contribution < -0.4 is 9.41 Å². The zero-order chi connectivity index (χ0) is 2.71. The summed E-state index contributed by atoms with van der Waals surface area (Å²) in [5.74, 6) is 0. The summed E-state index contributed by atoms with van der Waals surface area (Å²) in [5.41, 5.74) is 0. The van der Waals surface area contributed by atoms with Crippen LogP contribution in [0.3, 0.4) is 0 Å². The zero-order valence-corrected chi connectivity index (χ0v) is 5.99. The van der Waals surface area contributed by atoms with Gasteiger partial charge < -0.3 is 9.41 Å². The Kier molecular flexibility index (Phi) is 182. The molecular formula is CaF2O2Si. The van der Waals surface area contributed by atoms with Crippen molar-refractivity contribution < 1.29 is 18.3 Å². The van der Waals surface area contributed by atoms with E-state index in [4.69, 9.17) is 8.92 Å². The minimum absolute atomic E-state index is 0. The summed E-state index contributed by atoms with van der Waals surface area (Å²) in [4.78, 5) is 0. The maximum atomic E-state index is 8.40. The van der Waals surface area contributed by atoms with Gasteiger partial charge >= 0.3 is 47.0 Å². The van der Waals surface area contributed by atoms with E-state index >= 15 is 0 Å². The van der Waals surface area contributed by atoms with Crippen molar-refractivity contribution in [3.8, 4) is 0 Å². The molecule has 0 aliphatic carbocycles. The molecule has 0 bridgehead atoms. The molecule has 0 aromatic carbocycles. The first-order valence-electron chi connectivity index (χ1n) is 0.408. The van der Waals surface area contributed by atoms with E-state index in [2.05, 4.69) is 0 Å². The molecular weight excluding hydrogens is 138 g/mol. The molecule has 0 saturated heterocycles. The number of hydrogen-bond acceptors (Lipinski definition) is 2. The Morgan fingerprint density at radius 3 is 1.00 bits per heavy atom. The maximum Gasteiger partial charge on any atom is 2.00 e.